The van der Waals surface area contributed by atoms with Crippen molar-refractivity contribution >= 4 is 0 Å². The van der Waals surface area contributed by atoms with Gasteiger partial charge >= 0.3 is 0 Å². The minimum atomic E-state index is 0.694. The van der Waals surface area contributed by atoms with Gasteiger partial charge in [0.1, 0.15) is 5.75 Å². The number of rotatable bonds is 8. The first-order valence-electron chi connectivity index (χ1n) is 6.22. The summed E-state index contributed by atoms with van der Waals surface area (Å²) in [5.41, 5.74) is 7.82. The molecule has 0 bridgehead atoms. The van der Waals surface area contributed by atoms with Crippen LogP contribution in [0.5, 0.6) is 5.75 Å². The second-order valence-electron chi connectivity index (χ2n) is 4.23. The zero-order valence-corrected chi connectivity index (χ0v) is 10.9. The Hall–Kier alpha value is -1.06. The van der Waals surface area contributed by atoms with Gasteiger partial charge in [0.25, 0.3) is 0 Å². The standard InChI is InChI=1S/C14H23NO2/c1-12-5-6-14(13(2)11-12)17-10-4-9-16-8-3-7-15/h5-6,11H,3-4,7-10,15H2,1-2H3. The van der Waals surface area contributed by atoms with Gasteiger partial charge in [-0.05, 0) is 38.4 Å². The second kappa shape index (κ2) is 8.09. The van der Waals surface area contributed by atoms with Crippen molar-refractivity contribution < 1.29 is 9.47 Å². The Morgan fingerprint density at radius 3 is 2.53 bits per heavy atom. The normalized spacial score (nSPS) is 10.5. The molecule has 0 atom stereocenters. The molecule has 1 aromatic carbocycles. The summed E-state index contributed by atoms with van der Waals surface area (Å²) in [4.78, 5) is 0. The van der Waals surface area contributed by atoms with Gasteiger partial charge in [-0.1, -0.05) is 17.7 Å². The number of nitrogens with two attached hydrogens (primary N) is 1. The molecule has 0 heterocycles. The molecule has 2 N–H and O–H groups in total. The highest BCUT2D eigenvalue weighted by Gasteiger charge is 1.99. The van der Waals surface area contributed by atoms with Crippen molar-refractivity contribution in [3.05, 3.63) is 29.3 Å². The molecule has 17 heavy (non-hydrogen) atoms. The summed E-state index contributed by atoms with van der Waals surface area (Å²) in [5, 5.41) is 0. The van der Waals surface area contributed by atoms with E-state index in [0.717, 1.165) is 31.8 Å². The molecule has 0 amide bonds. The van der Waals surface area contributed by atoms with Crippen LogP contribution in [-0.4, -0.2) is 26.4 Å². The van der Waals surface area contributed by atoms with Crippen LogP contribution in [0.25, 0.3) is 0 Å². The lowest BCUT2D eigenvalue weighted by molar-refractivity contribution is 0.118. The third-order valence-electron chi connectivity index (χ3n) is 2.51. The van der Waals surface area contributed by atoms with Gasteiger partial charge in [-0.2, -0.15) is 0 Å². The van der Waals surface area contributed by atoms with E-state index in [2.05, 4.69) is 26.0 Å². The van der Waals surface area contributed by atoms with Crippen molar-refractivity contribution in [1.82, 2.24) is 0 Å². The maximum Gasteiger partial charge on any atom is 0.122 e. The fraction of sp³-hybridized carbons (Fsp3) is 0.571. The first-order chi connectivity index (χ1) is 8.24. The van der Waals surface area contributed by atoms with Crippen LogP contribution in [0.3, 0.4) is 0 Å². The predicted octanol–water partition coefficient (Wildman–Crippen LogP) is 2.44. The van der Waals surface area contributed by atoms with E-state index in [4.69, 9.17) is 15.2 Å². The number of ether oxygens (including phenoxy) is 2. The molecule has 0 unspecified atom stereocenters. The van der Waals surface area contributed by atoms with Crippen LogP contribution < -0.4 is 10.5 Å². The minimum absolute atomic E-state index is 0.694. The van der Waals surface area contributed by atoms with Crippen LogP contribution in [0, 0.1) is 13.8 Å². The van der Waals surface area contributed by atoms with Gasteiger partial charge in [0.15, 0.2) is 0 Å². The molecule has 96 valence electrons. The van der Waals surface area contributed by atoms with E-state index in [9.17, 15) is 0 Å². The molecule has 3 nitrogen and oxygen atoms in total. The van der Waals surface area contributed by atoms with Crippen molar-refractivity contribution in [2.24, 2.45) is 5.73 Å². The van der Waals surface area contributed by atoms with Crippen molar-refractivity contribution in [2.45, 2.75) is 26.7 Å². The molecular formula is C14H23NO2. The first-order valence-corrected chi connectivity index (χ1v) is 6.22. The average Bonchev–Trinajstić information content (AvgIpc) is 2.30. The smallest absolute Gasteiger partial charge is 0.122 e. The summed E-state index contributed by atoms with van der Waals surface area (Å²) < 4.78 is 11.1. The lowest BCUT2D eigenvalue weighted by Crippen LogP contribution is -2.07. The fourth-order valence-corrected chi connectivity index (χ4v) is 1.59. The molecule has 3 heteroatoms. The van der Waals surface area contributed by atoms with Gasteiger partial charge in [0, 0.05) is 19.6 Å². The minimum Gasteiger partial charge on any atom is -0.493 e. The summed E-state index contributed by atoms with van der Waals surface area (Å²) in [6, 6.07) is 6.23. The van der Waals surface area contributed by atoms with E-state index < -0.39 is 0 Å². The fourth-order valence-electron chi connectivity index (χ4n) is 1.59. The summed E-state index contributed by atoms with van der Waals surface area (Å²) in [7, 11) is 0. The molecule has 0 aromatic heterocycles. The number of benzene rings is 1. The molecule has 0 fully saturated rings. The maximum absolute atomic E-state index is 5.69. The molecule has 1 rings (SSSR count). The van der Waals surface area contributed by atoms with E-state index in [-0.39, 0.29) is 0 Å². The molecule has 0 saturated heterocycles. The van der Waals surface area contributed by atoms with E-state index in [0.29, 0.717) is 13.2 Å². The van der Waals surface area contributed by atoms with Gasteiger partial charge in [0.05, 0.1) is 6.61 Å². The van der Waals surface area contributed by atoms with Gasteiger partial charge in [-0.15, -0.1) is 0 Å². The van der Waals surface area contributed by atoms with Crippen molar-refractivity contribution in [2.75, 3.05) is 26.4 Å². The Morgan fingerprint density at radius 1 is 1.06 bits per heavy atom. The Bertz CT molecular complexity index is 326. The molecule has 0 aliphatic rings. The third-order valence-corrected chi connectivity index (χ3v) is 2.51. The van der Waals surface area contributed by atoms with Gasteiger partial charge in [-0.25, -0.2) is 0 Å². The first kappa shape index (κ1) is 14.0. The predicted molar refractivity (Wildman–Crippen MR) is 70.5 cm³/mol. The Kier molecular flexibility index (Phi) is 6.67. The molecule has 1 aromatic rings. The summed E-state index contributed by atoms with van der Waals surface area (Å²) in [6.45, 7) is 7.04. The molecule has 0 radical (unpaired) electrons. The van der Waals surface area contributed by atoms with Crippen LogP contribution >= 0.6 is 0 Å². The molecule has 0 aliphatic carbocycles. The third kappa shape index (κ3) is 5.71. The van der Waals surface area contributed by atoms with Gasteiger partial charge < -0.3 is 15.2 Å². The zero-order valence-electron chi connectivity index (χ0n) is 10.9. The van der Waals surface area contributed by atoms with Crippen LogP contribution in [0.2, 0.25) is 0 Å². The SMILES string of the molecule is Cc1ccc(OCCCOCCCN)c(C)c1. The summed E-state index contributed by atoms with van der Waals surface area (Å²) >= 11 is 0. The molecule has 0 aliphatic heterocycles. The average molecular weight is 237 g/mol. The maximum atomic E-state index is 5.69. The number of hydrogen-bond donors (Lipinski definition) is 1. The Balaban J connectivity index is 2.14. The number of hydrogen-bond acceptors (Lipinski definition) is 3. The quantitative estimate of drug-likeness (QED) is 0.706. The monoisotopic (exact) mass is 237 g/mol. The largest absolute Gasteiger partial charge is 0.493 e. The molecular weight excluding hydrogens is 214 g/mol. The Labute approximate surface area is 104 Å². The van der Waals surface area contributed by atoms with Crippen LogP contribution in [0.4, 0.5) is 0 Å². The highest BCUT2D eigenvalue weighted by Crippen LogP contribution is 2.18. The van der Waals surface area contributed by atoms with Crippen molar-refractivity contribution in [3.63, 3.8) is 0 Å². The lowest BCUT2D eigenvalue weighted by Gasteiger charge is -2.09. The molecule has 0 spiro atoms. The highest BCUT2D eigenvalue weighted by atomic mass is 16.5. The van der Waals surface area contributed by atoms with Crippen LogP contribution in [0.1, 0.15) is 24.0 Å². The highest BCUT2D eigenvalue weighted by molar-refractivity contribution is 5.35. The summed E-state index contributed by atoms with van der Waals surface area (Å²) in [6.07, 6.45) is 1.84. The van der Waals surface area contributed by atoms with E-state index >= 15 is 0 Å². The molecule has 0 saturated carbocycles. The van der Waals surface area contributed by atoms with Crippen LogP contribution in [0.15, 0.2) is 18.2 Å². The van der Waals surface area contributed by atoms with Gasteiger partial charge in [-0.3, -0.25) is 0 Å². The second-order valence-corrected chi connectivity index (χ2v) is 4.23. The van der Waals surface area contributed by atoms with Crippen LogP contribution in [-0.2, 0) is 4.74 Å². The van der Waals surface area contributed by atoms with E-state index in [1.54, 1.807) is 0 Å². The van der Waals surface area contributed by atoms with E-state index in [1.165, 1.54) is 11.1 Å². The lowest BCUT2D eigenvalue weighted by atomic mass is 10.1. The summed E-state index contributed by atoms with van der Waals surface area (Å²) in [5.74, 6) is 0.970. The zero-order chi connectivity index (χ0) is 12.5. The van der Waals surface area contributed by atoms with Gasteiger partial charge in [0.2, 0.25) is 0 Å². The van der Waals surface area contributed by atoms with E-state index in [1.807, 2.05) is 6.07 Å². The number of aryl methyl sites for hydroxylation is 2. The Morgan fingerprint density at radius 2 is 1.82 bits per heavy atom. The van der Waals surface area contributed by atoms with Crippen molar-refractivity contribution in [3.8, 4) is 5.75 Å². The topological polar surface area (TPSA) is 44.5 Å². The van der Waals surface area contributed by atoms with Crippen molar-refractivity contribution in [1.29, 1.82) is 0 Å².